The Balaban J connectivity index is 1.51. The topological polar surface area (TPSA) is 86.8 Å². The molecule has 1 aromatic carbocycles. The third-order valence-electron chi connectivity index (χ3n) is 6.30. The average Bonchev–Trinajstić information content (AvgIpc) is 3.13. The minimum atomic E-state index is -1.08. The first kappa shape index (κ1) is 22.5. The fourth-order valence-corrected chi connectivity index (χ4v) is 4.48. The molecule has 8 nitrogen and oxygen atoms in total. The van der Waals surface area contributed by atoms with E-state index in [-0.39, 0.29) is 12.0 Å². The minimum Gasteiger partial charge on any atom is -0.380 e. The van der Waals surface area contributed by atoms with E-state index in [4.69, 9.17) is 16.3 Å². The van der Waals surface area contributed by atoms with Crippen molar-refractivity contribution in [2.75, 3.05) is 37.9 Å². The number of halogens is 1. The van der Waals surface area contributed by atoms with E-state index in [0.717, 1.165) is 25.2 Å². The lowest BCUT2D eigenvalue weighted by Gasteiger charge is -2.33. The summed E-state index contributed by atoms with van der Waals surface area (Å²) in [5, 5.41) is 6.25. The summed E-state index contributed by atoms with van der Waals surface area (Å²) in [5.41, 5.74) is 2.18. The monoisotopic (exact) mass is 457 g/mol. The molecule has 3 amide bonds. The number of fused-ring (bicyclic) bond motifs is 1. The molecule has 0 aliphatic carbocycles. The second kappa shape index (κ2) is 9.05. The van der Waals surface area contributed by atoms with Crippen molar-refractivity contribution >= 4 is 35.0 Å². The summed E-state index contributed by atoms with van der Waals surface area (Å²) in [7, 11) is 3.69. The van der Waals surface area contributed by atoms with Gasteiger partial charge < -0.3 is 19.9 Å². The third kappa shape index (κ3) is 4.57. The zero-order valence-corrected chi connectivity index (χ0v) is 19.3. The molecule has 0 radical (unpaired) electrons. The second-order valence-electron chi connectivity index (χ2n) is 8.66. The molecule has 0 spiro atoms. The van der Waals surface area contributed by atoms with Gasteiger partial charge in [-0.3, -0.25) is 10.1 Å². The summed E-state index contributed by atoms with van der Waals surface area (Å²) in [6.07, 6.45) is 2.56. The predicted octanol–water partition coefficient (Wildman–Crippen LogP) is 3.37. The average molecular weight is 458 g/mol. The number of urea groups is 1. The van der Waals surface area contributed by atoms with Gasteiger partial charge in [-0.25, -0.2) is 9.78 Å². The Kier molecular flexibility index (Phi) is 6.37. The van der Waals surface area contributed by atoms with Crippen LogP contribution in [0.25, 0.3) is 0 Å². The quantitative estimate of drug-likeness (QED) is 0.735. The molecule has 170 valence electrons. The number of carbonyl (C=O) groups excluding carboxylic acids is 2. The van der Waals surface area contributed by atoms with Crippen LogP contribution in [0.5, 0.6) is 0 Å². The van der Waals surface area contributed by atoms with E-state index in [2.05, 4.69) is 33.6 Å². The SMILES string of the molecule is COC1CN(C(=O)Nc2ccc(Cl)cn2)[C@@](C)(C(=O)Nc2ccc3c(c2)CCN(C)C3)C1. The molecule has 2 aliphatic rings. The zero-order valence-electron chi connectivity index (χ0n) is 18.5. The number of hydrogen-bond acceptors (Lipinski definition) is 5. The summed E-state index contributed by atoms with van der Waals surface area (Å²) in [6, 6.07) is 8.87. The maximum absolute atomic E-state index is 13.4. The molecule has 2 aliphatic heterocycles. The highest BCUT2D eigenvalue weighted by molar-refractivity contribution is 6.30. The number of likely N-dealkylation sites (tertiary alicyclic amines) is 1. The zero-order chi connectivity index (χ0) is 22.9. The molecule has 2 atom stereocenters. The van der Waals surface area contributed by atoms with Gasteiger partial charge in [0.2, 0.25) is 5.91 Å². The molecule has 1 unspecified atom stereocenters. The number of hydrogen-bond donors (Lipinski definition) is 2. The molecule has 32 heavy (non-hydrogen) atoms. The Morgan fingerprint density at radius 1 is 1.22 bits per heavy atom. The molecular formula is C23H28ClN5O3. The maximum Gasteiger partial charge on any atom is 0.323 e. The summed E-state index contributed by atoms with van der Waals surface area (Å²) < 4.78 is 5.50. The fourth-order valence-electron chi connectivity index (χ4n) is 4.37. The Morgan fingerprint density at radius 3 is 2.75 bits per heavy atom. The number of pyridine rings is 1. The van der Waals surface area contributed by atoms with Crippen molar-refractivity contribution in [3.63, 3.8) is 0 Å². The number of carbonyl (C=O) groups is 2. The van der Waals surface area contributed by atoms with Gasteiger partial charge in [0, 0.05) is 45.0 Å². The number of benzene rings is 1. The number of anilines is 2. The molecule has 0 saturated carbocycles. The number of ether oxygens (including phenoxy) is 1. The van der Waals surface area contributed by atoms with Crippen LogP contribution in [0.4, 0.5) is 16.3 Å². The van der Waals surface area contributed by atoms with Gasteiger partial charge in [0.15, 0.2) is 0 Å². The molecule has 9 heteroatoms. The lowest BCUT2D eigenvalue weighted by molar-refractivity contribution is -0.124. The van der Waals surface area contributed by atoms with Crippen LogP contribution >= 0.6 is 11.6 Å². The number of aromatic nitrogens is 1. The number of amides is 3. The molecule has 1 saturated heterocycles. The Labute approximate surface area is 192 Å². The van der Waals surface area contributed by atoms with E-state index < -0.39 is 11.6 Å². The van der Waals surface area contributed by atoms with Crippen molar-refractivity contribution in [2.24, 2.45) is 0 Å². The van der Waals surface area contributed by atoms with Gasteiger partial charge >= 0.3 is 6.03 Å². The van der Waals surface area contributed by atoms with Crippen molar-refractivity contribution in [3.8, 4) is 0 Å². The van der Waals surface area contributed by atoms with Gasteiger partial charge in [0.25, 0.3) is 0 Å². The van der Waals surface area contributed by atoms with Crippen LogP contribution in [0.15, 0.2) is 36.5 Å². The van der Waals surface area contributed by atoms with Crippen LogP contribution < -0.4 is 10.6 Å². The Morgan fingerprint density at radius 2 is 2.03 bits per heavy atom. The van der Waals surface area contributed by atoms with E-state index in [9.17, 15) is 9.59 Å². The first-order valence-corrected chi connectivity index (χ1v) is 11.0. The number of nitrogens with one attached hydrogen (secondary N) is 2. The van der Waals surface area contributed by atoms with Crippen LogP contribution in [0, 0.1) is 0 Å². The lowest BCUT2D eigenvalue weighted by Crippen LogP contribution is -2.54. The first-order chi connectivity index (χ1) is 15.3. The molecule has 3 heterocycles. The molecule has 1 fully saturated rings. The lowest BCUT2D eigenvalue weighted by atomic mass is 9.96. The fraction of sp³-hybridized carbons (Fsp3) is 0.435. The van der Waals surface area contributed by atoms with Crippen LogP contribution in [0.1, 0.15) is 24.5 Å². The van der Waals surface area contributed by atoms with E-state index in [1.54, 1.807) is 26.2 Å². The van der Waals surface area contributed by atoms with Gasteiger partial charge in [0.1, 0.15) is 11.4 Å². The Hall–Kier alpha value is -2.68. The Bertz CT molecular complexity index is 1020. The number of rotatable bonds is 4. The standard InChI is InChI=1S/C23H28ClN5O3/c1-23(21(30)26-18-6-4-16-13-28(2)9-8-15(16)10-18)11-19(32-3)14-29(23)22(31)27-20-7-5-17(24)12-25-20/h4-7,10,12,19H,8-9,11,13-14H2,1-3H3,(H,26,30)(H,25,27,31)/t19?,23-/m1/s1. The van der Waals surface area contributed by atoms with E-state index in [1.165, 1.54) is 22.2 Å². The van der Waals surface area contributed by atoms with Crippen molar-refractivity contribution in [3.05, 3.63) is 52.7 Å². The number of methoxy groups -OCH3 is 1. The van der Waals surface area contributed by atoms with Gasteiger partial charge in [-0.05, 0) is 55.8 Å². The van der Waals surface area contributed by atoms with Crippen LogP contribution in [-0.4, -0.2) is 65.6 Å². The van der Waals surface area contributed by atoms with E-state index in [0.29, 0.717) is 23.8 Å². The molecular weight excluding hydrogens is 430 g/mol. The molecule has 0 bridgehead atoms. The van der Waals surface area contributed by atoms with Gasteiger partial charge in [-0.15, -0.1) is 0 Å². The summed E-state index contributed by atoms with van der Waals surface area (Å²) in [5.74, 6) is 0.117. The first-order valence-electron chi connectivity index (χ1n) is 10.6. The van der Waals surface area contributed by atoms with Crippen LogP contribution in [0.2, 0.25) is 5.02 Å². The van der Waals surface area contributed by atoms with Crippen LogP contribution in [-0.2, 0) is 22.5 Å². The smallest absolute Gasteiger partial charge is 0.323 e. The molecule has 4 rings (SSSR count). The minimum absolute atomic E-state index is 0.242. The molecule has 2 N–H and O–H groups in total. The predicted molar refractivity (Wildman–Crippen MR) is 124 cm³/mol. The van der Waals surface area contributed by atoms with Gasteiger partial charge in [-0.1, -0.05) is 17.7 Å². The highest BCUT2D eigenvalue weighted by Gasteiger charge is 2.50. The number of nitrogens with zero attached hydrogens (tertiary/aromatic N) is 3. The summed E-state index contributed by atoms with van der Waals surface area (Å²) in [4.78, 5) is 34.4. The second-order valence-corrected chi connectivity index (χ2v) is 9.10. The van der Waals surface area contributed by atoms with Gasteiger partial charge in [0.05, 0.1) is 11.1 Å². The number of likely N-dealkylation sites (N-methyl/N-ethyl adjacent to an activating group) is 1. The highest BCUT2D eigenvalue weighted by Crippen LogP contribution is 2.33. The molecule has 2 aromatic rings. The maximum atomic E-state index is 13.4. The van der Waals surface area contributed by atoms with Crippen molar-refractivity contribution in [1.29, 1.82) is 0 Å². The third-order valence-corrected chi connectivity index (χ3v) is 6.53. The highest BCUT2D eigenvalue weighted by atomic mass is 35.5. The van der Waals surface area contributed by atoms with Crippen molar-refractivity contribution < 1.29 is 14.3 Å². The summed E-state index contributed by atoms with van der Waals surface area (Å²) >= 11 is 5.87. The van der Waals surface area contributed by atoms with Crippen LogP contribution in [0.3, 0.4) is 0 Å². The van der Waals surface area contributed by atoms with Crippen molar-refractivity contribution in [1.82, 2.24) is 14.8 Å². The van der Waals surface area contributed by atoms with Gasteiger partial charge in [-0.2, -0.15) is 0 Å². The largest absolute Gasteiger partial charge is 0.380 e. The van der Waals surface area contributed by atoms with E-state index >= 15 is 0 Å². The van der Waals surface area contributed by atoms with Crippen molar-refractivity contribution in [2.45, 2.75) is 38.0 Å². The summed E-state index contributed by atoms with van der Waals surface area (Å²) in [6.45, 7) is 3.97. The van der Waals surface area contributed by atoms with E-state index in [1.807, 2.05) is 12.1 Å². The normalized spacial score (nSPS) is 23.0. The molecule has 1 aromatic heterocycles.